The van der Waals surface area contributed by atoms with E-state index in [0.29, 0.717) is 5.41 Å². The molecule has 2 bridgehead atoms. The normalized spacial score (nSPS) is 27.6. The Morgan fingerprint density at radius 2 is 1.96 bits per heavy atom. The van der Waals surface area contributed by atoms with E-state index in [-0.39, 0.29) is 11.8 Å². The first-order valence-electron chi connectivity index (χ1n) is 10.1. The van der Waals surface area contributed by atoms with E-state index in [1.807, 2.05) is 18.2 Å². The molecule has 2 heteroatoms. The molecule has 25 heavy (non-hydrogen) atoms. The van der Waals surface area contributed by atoms with Crippen molar-refractivity contribution in [1.29, 1.82) is 0 Å². The van der Waals surface area contributed by atoms with Gasteiger partial charge in [0.05, 0.1) is 5.92 Å². The van der Waals surface area contributed by atoms with Crippen LogP contribution in [-0.2, 0) is 4.79 Å². The molecule has 1 N–H and O–H groups in total. The average molecular weight is 341 g/mol. The molecule has 0 saturated heterocycles. The van der Waals surface area contributed by atoms with Gasteiger partial charge in [-0.2, -0.15) is 0 Å². The Morgan fingerprint density at radius 3 is 2.52 bits per heavy atom. The van der Waals surface area contributed by atoms with Crippen LogP contribution in [0.25, 0.3) is 0 Å². The van der Waals surface area contributed by atoms with Gasteiger partial charge in [0.15, 0.2) is 0 Å². The highest BCUT2D eigenvalue weighted by atomic mass is 16.4. The molecule has 1 aromatic rings. The van der Waals surface area contributed by atoms with Gasteiger partial charge in [0.1, 0.15) is 0 Å². The fourth-order valence-electron chi connectivity index (χ4n) is 5.21. The molecule has 2 nitrogen and oxygen atoms in total. The standard InChI is InChI=1S/C23H32O2/c1-2-8-21(22(24)25)20(19-9-4-3-5-10-19)11-6-7-14-23-15-12-18(17-23)13-16-23/h3-7,9-10,18,20-21H,2,8,11-17H2,1H3,(H,24,25). The molecule has 2 aliphatic carbocycles. The fourth-order valence-corrected chi connectivity index (χ4v) is 5.21. The van der Waals surface area contributed by atoms with Crippen molar-refractivity contribution < 1.29 is 9.90 Å². The largest absolute Gasteiger partial charge is 0.481 e. The summed E-state index contributed by atoms with van der Waals surface area (Å²) in [5.41, 5.74) is 1.74. The van der Waals surface area contributed by atoms with Gasteiger partial charge in [0.25, 0.3) is 0 Å². The number of hydrogen-bond acceptors (Lipinski definition) is 1. The van der Waals surface area contributed by atoms with Crippen molar-refractivity contribution in [3.8, 4) is 0 Å². The fraction of sp³-hybridized carbons (Fsp3) is 0.609. The molecule has 0 amide bonds. The van der Waals surface area contributed by atoms with Crippen molar-refractivity contribution >= 4 is 5.97 Å². The van der Waals surface area contributed by atoms with E-state index in [2.05, 4.69) is 31.2 Å². The van der Waals surface area contributed by atoms with Gasteiger partial charge in [0, 0.05) is 5.92 Å². The summed E-state index contributed by atoms with van der Waals surface area (Å²) < 4.78 is 0. The molecular formula is C23H32O2. The highest BCUT2D eigenvalue weighted by Gasteiger charge is 2.43. The second-order valence-corrected chi connectivity index (χ2v) is 8.31. The van der Waals surface area contributed by atoms with Gasteiger partial charge in [-0.15, -0.1) is 0 Å². The minimum atomic E-state index is -0.655. The van der Waals surface area contributed by atoms with E-state index < -0.39 is 5.97 Å². The van der Waals surface area contributed by atoms with Crippen molar-refractivity contribution in [2.45, 2.75) is 70.6 Å². The summed E-state index contributed by atoms with van der Waals surface area (Å²) in [6.45, 7) is 2.07. The molecule has 0 spiro atoms. The molecule has 2 saturated carbocycles. The molecule has 0 aliphatic heterocycles. The Bertz CT molecular complexity index is 581. The molecule has 136 valence electrons. The summed E-state index contributed by atoms with van der Waals surface area (Å²) in [5, 5.41) is 9.73. The molecule has 1 aromatic carbocycles. The Hall–Kier alpha value is -1.57. The van der Waals surface area contributed by atoms with Crippen molar-refractivity contribution in [3.63, 3.8) is 0 Å². The number of benzene rings is 1. The van der Waals surface area contributed by atoms with Crippen molar-refractivity contribution in [3.05, 3.63) is 48.0 Å². The highest BCUT2D eigenvalue weighted by Crippen LogP contribution is 2.56. The van der Waals surface area contributed by atoms with Crippen molar-refractivity contribution in [2.75, 3.05) is 0 Å². The molecule has 0 radical (unpaired) electrons. The van der Waals surface area contributed by atoms with Crippen LogP contribution in [0.4, 0.5) is 0 Å². The van der Waals surface area contributed by atoms with Crippen LogP contribution in [0.2, 0.25) is 0 Å². The van der Waals surface area contributed by atoms with Crippen LogP contribution in [0.5, 0.6) is 0 Å². The van der Waals surface area contributed by atoms with Crippen LogP contribution >= 0.6 is 0 Å². The Morgan fingerprint density at radius 1 is 1.24 bits per heavy atom. The lowest BCUT2D eigenvalue weighted by Crippen LogP contribution is -2.22. The van der Waals surface area contributed by atoms with E-state index in [4.69, 9.17) is 0 Å². The summed E-state index contributed by atoms with van der Waals surface area (Å²) in [4.78, 5) is 11.8. The van der Waals surface area contributed by atoms with E-state index in [0.717, 1.165) is 30.7 Å². The minimum absolute atomic E-state index is 0.0762. The number of aliphatic carboxylic acids is 1. The summed E-state index contributed by atoms with van der Waals surface area (Å²) >= 11 is 0. The average Bonchev–Trinajstić information content (AvgIpc) is 3.22. The van der Waals surface area contributed by atoms with Gasteiger partial charge < -0.3 is 5.11 Å². The predicted octanol–water partition coefficient (Wildman–Crippen LogP) is 6.19. The SMILES string of the molecule is CCCC(C(=O)O)C(CC=CCC12CCC(CC1)C2)c1ccccc1. The van der Waals surface area contributed by atoms with Crippen LogP contribution in [-0.4, -0.2) is 11.1 Å². The molecule has 2 unspecified atom stereocenters. The second kappa shape index (κ2) is 8.21. The third-order valence-corrected chi connectivity index (χ3v) is 6.63. The summed E-state index contributed by atoms with van der Waals surface area (Å²) in [6, 6.07) is 10.2. The van der Waals surface area contributed by atoms with E-state index in [1.165, 1.54) is 38.5 Å². The smallest absolute Gasteiger partial charge is 0.307 e. The highest BCUT2D eigenvalue weighted by molar-refractivity contribution is 5.71. The van der Waals surface area contributed by atoms with Crippen LogP contribution in [0.3, 0.4) is 0 Å². The number of fused-ring (bicyclic) bond motifs is 2. The van der Waals surface area contributed by atoms with Gasteiger partial charge >= 0.3 is 5.97 Å². The first-order chi connectivity index (χ1) is 12.1. The van der Waals surface area contributed by atoms with Gasteiger partial charge in [-0.25, -0.2) is 0 Å². The maximum Gasteiger partial charge on any atom is 0.307 e. The summed E-state index contributed by atoms with van der Waals surface area (Å²) in [5.74, 6) is 0.119. The first kappa shape index (κ1) is 18.2. The maximum atomic E-state index is 11.8. The van der Waals surface area contributed by atoms with Crippen LogP contribution in [0.1, 0.15) is 76.2 Å². The third-order valence-electron chi connectivity index (χ3n) is 6.63. The number of allylic oxidation sites excluding steroid dienone is 2. The molecule has 2 aliphatic rings. The number of hydrogen-bond donors (Lipinski definition) is 1. The van der Waals surface area contributed by atoms with Crippen LogP contribution < -0.4 is 0 Å². The zero-order valence-corrected chi connectivity index (χ0v) is 15.5. The molecule has 3 rings (SSSR count). The first-order valence-corrected chi connectivity index (χ1v) is 10.1. The predicted molar refractivity (Wildman–Crippen MR) is 103 cm³/mol. The maximum absolute atomic E-state index is 11.8. The lowest BCUT2D eigenvalue weighted by molar-refractivity contribution is -0.142. The van der Waals surface area contributed by atoms with E-state index in [1.54, 1.807) is 0 Å². The van der Waals surface area contributed by atoms with Crippen molar-refractivity contribution in [2.24, 2.45) is 17.3 Å². The minimum Gasteiger partial charge on any atom is -0.481 e. The zero-order valence-electron chi connectivity index (χ0n) is 15.5. The monoisotopic (exact) mass is 340 g/mol. The van der Waals surface area contributed by atoms with E-state index in [9.17, 15) is 9.90 Å². The topological polar surface area (TPSA) is 37.3 Å². The van der Waals surface area contributed by atoms with Gasteiger partial charge in [-0.3, -0.25) is 4.79 Å². The summed E-state index contributed by atoms with van der Waals surface area (Å²) in [7, 11) is 0. The third kappa shape index (κ3) is 4.34. The molecule has 0 heterocycles. The Labute approximate surface area is 152 Å². The van der Waals surface area contributed by atoms with Crippen molar-refractivity contribution in [1.82, 2.24) is 0 Å². The van der Waals surface area contributed by atoms with E-state index >= 15 is 0 Å². The van der Waals surface area contributed by atoms with Crippen LogP contribution in [0.15, 0.2) is 42.5 Å². The van der Waals surface area contributed by atoms with Gasteiger partial charge in [-0.1, -0.05) is 55.8 Å². The summed E-state index contributed by atoms with van der Waals surface area (Å²) in [6.07, 6.45) is 15.4. The number of carbonyl (C=O) groups is 1. The number of carboxylic acid groups (broad SMARTS) is 1. The second-order valence-electron chi connectivity index (χ2n) is 8.31. The van der Waals surface area contributed by atoms with Gasteiger partial charge in [-0.05, 0) is 68.3 Å². The van der Waals surface area contributed by atoms with Gasteiger partial charge in [0.2, 0.25) is 0 Å². The Kier molecular flexibility index (Phi) is 5.98. The molecule has 2 atom stereocenters. The quantitative estimate of drug-likeness (QED) is 0.544. The molecule has 2 fully saturated rings. The van der Waals surface area contributed by atoms with Crippen LogP contribution in [0, 0.1) is 17.3 Å². The number of carboxylic acids is 1. The molecule has 0 aromatic heterocycles. The Balaban J connectivity index is 1.67. The lowest BCUT2D eigenvalue weighted by atomic mass is 9.79. The lowest BCUT2D eigenvalue weighted by Gasteiger charge is -2.25. The zero-order chi connectivity index (χ0) is 17.7. The molecular weight excluding hydrogens is 308 g/mol. The number of rotatable bonds is 9.